The van der Waals surface area contributed by atoms with E-state index in [-0.39, 0.29) is 0 Å². The summed E-state index contributed by atoms with van der Waals surface area (Å²) in [6.45, 7) is 0. The highest BCUT2D eigenvalue weighted by atomic mass is 35.5. The van der Waals surface area contributed by atoms with Gasteiger partial charge in [0.2, 0.25) is 0 Å². The van der Waals surface area contributed by atoms with Crippen molar-refractivity contribution in [1.82, 2.24) is 5.32 Å². The molecule has 0 aromatic heterocycles. The van der Waals surface area contributed by atoms with Crippen LogP contribution in [0.25, 0.3) is 16.8 Å². The number of rotatable bonds is 3. The largest absolute Gasteiger partial charge is 0.351 e. The third-order valence-corrected chi connectivity index (χ3v) is 4.71. The molecule has 1 aliphatic heterocycles. The second kappa shape index (κ2) is 6.58. The first-order chi connectivity index (χ1) is 12.2. The minimum atomic E-state index is -0.822. The minimum absolute atomic E-state index is 0.822. The zero-order chi connectivity index (χ0) is 17.1. The summed E-state index contributed by atoms with van der Waals surface area (Å²) >= 11 is 6.93. The molecule has 0 aliphatic carbocycles. The normalized spacial score (nSPS) is 19.2. The molecule has 25 heavy (non-hydrogen) atoms. The summed E-state index contributed by atoms with van der Waals surface area (Å²) in [6.07, 6.45) is 3.64. The van der Waals surface area contributed by atoms with Gasteiger partial charge in [0.1, 0.15) is 0 Å². The third kappa shape index (κ3) is 3.21. The number of aliphatic imine (C=N–C) groups is 1. The fraction of sp³-hybridized carbons (Fsp3) is 0.0455. The van der Waals surface area contributed by atoms with Crippen molar-refractivity contribution in [3.8, 4) is 11.1 Å². The van der Waals surface area contributed by atoms with Crippen molar-refractivity contribution in [3.05, 3.63) is 102 Å². The fourth-order valence-electron chi connectivity index (χ4n) is 2.95. The van der Waals surface area contributed by atoms with Gasteiger partial charge in [-0.15, -0.1) is 0 Å². The lowest BCUT2D eigenvalue weighted by Gasteiger charge is -2.28. The standard InChI is InChI=1S/C22H17ClN2/c23-22(15-21(24-16-25-22)18-10-5-2-6-11-18)20-13-7-12-19(14-20)17-8-3-1-4-9-17/h1-16H,(H,24,25). The third-order valence-electron chi connectivity index (χ3n) is 4.27. The average Bonchev–Trinajstić information content (AvgIpc) is 2.69. The number of hydrogen-bond acceptors (Lipinski definition) is 2. The number of benzene rings is 3. The number of nitrogens with one attached hydrogen (secondary N) is 1. The molecule has 1 heterocycles. The first kappa shape index (κ1) is 15.7. The molecular weight excluding hydrogens is 328 g/mol. The first-order valence-electron chi connectivity index (χ1n) is 8.18. The summed E-state index contributed by atoms with van der Waals surface area (Å²) in [7, 11) is 0. The van der Waals surface area contributed by atoms with E-state index in [1.165, 1.54) is 5.56 Å². The minimum Gasteiger partial charge on any atom is -0.351 e. The molecule has 3 aromatic rings. The quantitative estimate of drug-likeness (QED) is 0.498. The van der Waals surface area contributed by atoms with Crippen molar-refractivity contribution >= 4 is 23.6 Å². The molecule has 1 atom stereocenters. The Morgan fingerprint density at radius 1 is 0.720 bits per heavy atom. The summed E-state index contributed by atoms with van der Waals surface area (Å²) in [5, 5.41) is 3.19. The van der Waals surface area contributed by atoms with Gasteiger partial charge in [-0.25, -0.2) is 4.99 Å². The van der Waals surface area contributed by atoms with Crippen LogP contribution in [0.5, 0.6) is 0 Å². The first-order valence-corrected chi connectivity index (χ1v) is 8.56. The lowest BCUT2D eigenvalue weighted by molar-refractivity contribution is 0.708. The van der Waals surface area contributed by atoms with Crippen LogP contribution in [0.2, 0.25) is 0 Å². The van der Waals surface area contributed by atoms with Crippen LogP contribution >= 0.6 is 11.6 Å². The molecule has 1 unspecified atom stereocenters. The van der Waals surface area contributed by atoms with E-state index < -0.39 is 5.00 Å². The van der Waals surface area contributed by atoms with Crippen LogP contribution in [0.15, 0.2) is 96.0 Å². The molecule has 3 heteroatoms. The van der Waals surface area contributed by atoms with Gasteiger partial charge in [-0.1, -0.05) is 90.5 Å². The predicted octanol–water partition coefficient (Wildman–Crippen LogP) is 5.42. The lowest BCUT2D eigenvalue weighted by atomic mass is 9.97. The van der Waals surface area contributed by atoms with Gasteiger partial charge in [0.15, 0.2) is 5.00 Å². The van der Waals surface area contributed by atoms with Gasteiger partial charge >= 0.3 is 0 Å². The topological polar surface area (TPSA) is 24.4 Å². The van der Waals surface area contributed by atoms with E-state index in [4.69, 9.17) is 11.6 Å². The summed E-state index contributed by atoms with van der Waals surface area (Å²) in [6, 6.07) is 28.6. The van der Waals surface area contributed by atoms with Crippen molar-refractivity contribution in [3.63, 3.8) is 0 Å². The van der Waals surface area contributed by atoms with Gasteiger partial charge in [-0.2, -0.15) is 0 Å². The van der Waals surface area contributed by atoms with Crippen LogP contribution in [-0.4, -0.2) is 6.34 Å². The van der Waals surface area contributed by atoms with Crippen LogP contribution in [0, 0.1) is 0 Å². The highest BCUT2D eigenvalue weighted by Crippen LogP contribution is 2.35. The maximum atomic E-state index is 6.93. The Kier molecular flexibility index (Phi) is 4.12. The summed E-state index contributed by atoms with van der Waals surface area (Å²) < 4.78 is 0. The maximum absolute atomic E-state index is 6.93. The zero-order valence-electron chi connectivity index (χ0n) is 13.6. The van der Waals surface area contributed by atoms with Crippen LogP contribution in [0.3, 0.4) is 0 Å². The van der Waals surface area contributed by atoms with Gasteiger partial charge in [0, 0.05) is 0 Å². The number of halogens is 1. The Bertz CT molecular complexity index is 933. The Balaban J connectivity index is 1.74. The van der Waals surface area contributed by atoms with Gasteiger partial charge in [0.25, 0.3) is 0 Å². The molecule has 0 amide bonds. The van der Waals surface area contributed by atoms with Gasteiger partial charge in [-0.3, -0.25) is 0 Å². The fourth-order valence-corrected chi connectivity index (χ4v) is 3.22. The maximum Gasteiger partial charge on any atom is 0.160 e. The Labute approximate surface area is 152 Å². The van der Waals surface area contributed by atoms with E-state index in [1.54, 1.807) is 6.34 Å². The summed E-state index contributed by atoms with van der Waals surface area (Å²) in [5.74, 6) is 0. The molecule has 122 valence electrons. The lowest BCUT2D eigenvalue weighted by Crippen LogP contribution is -2.36. The van der Waals surface area contributed by atoms with E-state index in [0.717, 1.165) is 22.4 Å². The summed E-state index contributed by atoms with van der Waals surface area (Å²) in [5.41, 5.74) is 5.19. The van der Waals surface area contributed by atoms with Crippen LogP contribution in [0.1, 0.15) is 11.1 Å². The van der Waals surface area contributed by atoms with E-state index in [9.17, 15) is 0 Å². The molecule has 0 fully saturated rings. The SMILES string of the molecule is ClC1(c2cccc(-c3ccccc3)c2)C=C(c2ccccc2)N=CN1. The van der Waals surface area contributed by atoms with Gasteiger partial charge in [-0.05, 0) is 34.4 Å². The van der Waals surface area contributed by atoms with Gasteiger partial charge < -0.3 is 5.32 Å². The second-order valence-electron chi connectivity index (χ2n) is 5.96. The number of hydrogen-bond donors (Lipinski definition) is 1. The molecule has 2 nitrogen and oxygen atoms in total. The van der Waals surface area contributed by atoms with Crippen LogP contribution in [0.4, 0.5) is 0 Å². The van der Waals surface area contributed by atoms with Crippen molar-refractivity contribution in [1.29, 1.82) is 0 Å². The van der Waals surface area contributed by atoms with Crippen molar-refractivity contribution in [2.45, 2.75) is 5.00 Å². The average molecular weight is 345 g/mol. The predicted molar refractivity (Wildman–Crippen MR) is 105 cm³/mol. The molecule has 1 aliphatic rings. The Morgan fingerprint density at radius 3 is 2.08 bits per heavy atom. The molecule has 0 saturated carbocycles. The van der Waals surface area contributed by atoms with Crippen molar-refractivity contribution < 1.29 is 0 Å². The molecule has 3 aromatic carbocycles. The molecule has 0 bridgehead atoms. The Morgan fingerprint density at radius 2 is 1.36 bits per heavy atom. The van der Waals surface area contributed by atoms with E-state index >= 15 is 0 Å². The number of nitrogens with zero attached hydrogens (tertiary/aromatic N) is 1. The van der Waals surface area contributed by atoms with Crippen molar-refractivity contribution in [2.24, 2.45) is 4.99 Å². The molecule has 0 spiro atoms. The molecule has 0 saturated heterocycles. The Hall–Kier alpha value is -2.84. The molecule has 0 radical (unpaired) electrons. The zero-order valence-corrected chi connectivity index (χ0v) is 14.3. The van der Waals surface area contributed by atoms with E-state index in [0.29, 0.717) is 0 Å². The van der Waals surface area contributed by atoms with E-state index in [2.05, 4.69) is 34.6 Å². The molecule has 4 rings (SSSR count). The number of alkyl halides is 1. The van der Waals surface area contributed by atoms with Crippen LogP contribution in [-0.2, 0) is 5.00 Å². The van der Waals surface area contributed by atoms with Gasteiger partial charge in [0.05, 0.1) is 12.0 Å². The van der Waals surface area contributed by atoms with Crippen LogP contribution < -0.4 is 5.32 Å². The molecule has 1 N–H and O–H groups in total. The van der Waals surface area contributed by atoms with E-state index in [1.807, 2.05) is 66.7 Å². The highest BCUT2D eigenvalue weighted by molar-refractivity contribution is 6.26. The smallest absolute Gasteiger partial charge is 0.160 e. The highest BCUT2D eigenvalue weighted by Gasteiger charge is 2.29. The monoisotopic (exact) mass is 344 g/mol. The molecular formula is C22H17ClN2. The summed E-state index contributed by atoms with van der Waals surface area (Å²) in [4.78, 5) is 3.62. The van der Waals surface area contributed by atoms with Crippen molar-refractivity contribution in [2.75, 3.05) is 0 Å². The second-order valence-corrected chi connectivity index (χ2v) is 6.55.